The number of carbonyl (C=O) groups is 1. The number of ether oxygens (including phenoxy) is 1. The van der Waals surface area contributed by atoms with E-state index in [1.165, 1.54) is 0 Å². The Morgan fingerprint density at radius 2 is 1.84 bits per heavy atom. The first-order valence-electron chi connectivity index (χ1n) is 14.7. The third-order valence-electron chi connectivity index (χ3n) is 8.02. The van der Waals surface area contributed by atoms with Crippen molar-refractivity contribution in [3.63, 3.8) is 0 Å². The fraction of sp³-hybridized carbons (Fsp3) is 0.303. The monoisotopic (exact) mass is 650 g/mol. The molecule has 2 fully saturated rings. The molecule has 2 aromatic carbocycles. The van der Waals surface area contributed by atoms with Gasteiger partial charge < -0.3 is 25.8 Å². The van der Waals surface area contributed by atoms with E-state index in [2.05, 4.69) is 20.9 Å². The minimum Gasteiger partial charge on any atom is -0.481 e. The Morgan fingerprint density at radius 3 is 2.60 bits per heavy atom. The van der Waals surface area contributed by atoms with E-state index in [9.17, 15) is 9.90 Å². The molecule has 2 aliphatic heterocycles. The summed E-state index contributed by atoms with van der Waals surface area (Å²) in [6.07, 6.45) is 2.67. The van der Waals surface area contributed by atoms with Crippen LogP contribution in [0.25, 0.3) is 22.5 Å². The van der Waals surface area contributed by atoms with Gasteiger partial charge in [0.05, 0.1) is 46.0 Å². The number of halogens is 3. The van der Waals surface area contributed by atoms with Gasteiger partial charge in [-0.1, -0.05) is 53.5 Å². The average Bonchev–Trinajstić information content (AvgIpc) is 3.44. The molecule has 45 heavy (non-hydrogen) atoms. The van der Waals surface area contributed by atoms with E-state index in [-0.39, 0.29) is 23.9 Å². The smallest absolute Gasteiger partial charge is 0.220 e. The van der Waals surface area contributed by atoms with Gasteiger partial charge in [-0.15, -0.1) is 0 Å². The first-order valence-corrected chi connectivity index (χ1v) is 15.5. The topological polar surface area (TPSA) is 112 Å². The Bertz CT molecular complexity index is 1720. The van der Waals surface area contributed by atoms with Gasteiger partial charge in [-0.2, -0.15) is 0 Å². The second-order valence-electron chi connectivity index (χ2n) is 11.2. The van der Waals surface area contributed by atoms with Crippen LogP contribution in [0.2, 0.25) is 10.0 Å². The number of benzene rings is 2. The molecule has 2 aliphatic rings. The van der Waals surface area contributed by atoms with Crippen LogP contribution in [0.5, 0.6) is 5.88 Å². The lowest BCUT2D eigenvalue weighted by atomic mass is 10.0. The van der Waals surface area contributed by atoms with Gasteiger partial charge in [-0.25, -0.2) is 9.37 Å². The number of amides is 1. The molecule has 2 aromatic heterocycles. The number of nitrogens with zero attached hydrogens (tertiary/aromatic N) is 3. The summed E-state index contributed by atoms with van der Waals surface area (Å²) in [5, 5.41) is 19.7. The van der Waals surface area contributed by atoms with Crippen molar-refractivity contribution in [3.05, 3.63) is 87.8 Å². The average molecular weight is 652 g/mol. The van der Waals surface area contributed by atoms with E-state index in [4.69, 9.17) is 32.9 Å². The Morgan fingerprint density at radius 1 is 1.04 bits per heavy atom. The van der Waals surface area contributed by atoms with Crippen LogP contribution in [-0.4, -0.2) is 64.8 Å². The minimum atomic E-state index is -0.373. The van der Waals surface area contributed by atoms with Crippen LogP contribution in [0.4, 0.5) is 15.8 Å². The maximum absolute atomic E-state index is 15.4. The van der Waals surface area contributed by atoms with Crippen LogP contribution in [0.3, 0.4) is 0 Å². The highest BCUT2D eigenvalue weighted by Crippen LogP contribution is 2.41. The summed E-state index contributed by atoms with van der Waals surface area (Å²) >= 11 is 13.8. The molecule has 0 spiro atoms. The molecule has 0 saturated carbocycles. The lowest BCUT2D eigenvalue weighted by Crippen LogP contribution is -2.49. The summed E-state index contributed by atoms with van der Waals surface area (Å²) in [7, 11) is 1.57. The summed E-state index contributed by atoms with van der Waals surface area (Å²) in [5.41, 5.74) is 4.48. The Balaban J connectivity index is 1.21. The van der Waals surface area contributed by atoms with Crippen LogP contribution in [-0.2, 0) is 17.9 Å². The number of anilines is 2. The summed E-state index contributed by atoms with van der Waals surface area (Å²) in [5.74, 6) is 0.175. The van der Waals surface area contributed by atoms with E-state index in [1.807, 2.05) is 23.1 Å². The molecule has 0 unspecified atom stereocenters. The van der Waals surface area contributed by atoms with E-state index in [0.717, 1.165) is 12.0 Å². The molecule has 4 heterocycles. The number of β-amino-alcohol motifs (C(OH)–C–C–N with tert-alkyl or cyclic N) is 1. The van der Waals surface area contributed by atoms with Crippen LogP contribution in [0.1, 0.15) is 24.0 Å². The van der Waals surface area contributed by atoms with Gasteiger partial charge in [0.1, 0.15) is 0 Å². The lowest BCUT2D eigenvalue weighted by molar-refractivity contribution is -0.119. The molecule has 2 saturated heterocycles. The standard InChI is InChI=1S/C33H33Cl2FN6O3/c1-45-33-19(14-37-15-21-9-11-28(44)39-21)8-10-25(41-33)23-12-13-38-32(30(23)35)24-5-3-6-26(29(24)34)40-27-7-2-4-20(31(27)36)16-42-17-22(43)18-42/h2-8,10,12-13,21-22,37,40,43H,9,11,14-18H2,1H3,(H,39,44)/t21-/m1/s1. The highest BCUT2D eigenvalue weighted by atomic mass is 35.5. The van der Waals surface area contributed by atoms with Crippen molar-refractivity contribution in [1.82, 2.24) is 25.5 Å². The Labute approximate surface area is 270 Å². The maximum Gasteiger partial charge on any atom is 0.220 e. The van der Waals surface area contributed by atoms with Crippen LogP contribution < -0.4 is 20.7 Å². The normalized spacial score (nSPS) is 16.8. The van der Waals surface area contributed by atoms with Crippen molar-refractivity contribution in [2.24, 2.45) is 0 Å². The molecule has 6 rings (SSSR count). The molecule has 12 heteroatoms. The van der Waals surface area contributed by atoms with Crippen molar-refractivity contribution in [2.45, 2.75) is 38.1 Å². The van der Waals surface area contributed by atoms with Gasteiger partial charge in [-0.05, 0) is 30.7 Å². The second kappa shape index (κ2) is 13.7. The van der Waals surface area contributed by atoms with Crippen molar-refractivity contribution in [1.29, 1.82) is 0 Å². The fourth-order valence-corrected chi connectivity index (χ4v) is 6.21. The number of nitrogens with one attached hydrogen (secondary N) is 3. The van der Waals surface area contributed by atoms with Crippen molar-refractivity contribution < 1.29 is 19.0 Å². The highest BCUT2D eigenvalue weighted by Gasteiger charge is 2.26. The quantitative estimate of drug-likeness (QED) is 0.167. The van der Waals surface area contributed by atoms with Gasteiger partial charge in [-0.3, -0.25) is 14.7 Å². The molecule has 9 nitrogen and oxygen atoms in total. The molecular formula is C33H33Cl2FN6O3. The van der Waals surface area contributed by atoms with Crippen molar-refractivity contribution >= 4 is 40.5 Å². The Hall–Kier alpha value is -3.80. The molecule has 4 N–H and O–H groups in total. The third-order valence-corrected chi connectivity index (χ3v) is 8.81. The number of rotatable bonds is 11. The van der Waals surface area contributed by atoms with E-state index >= 15 is 4.39 Å². The number of aromatic nitrogens is 2. The van der Waals surface area contributed by atoms with Crippen molar-refractivity contribution in [2.75, 3.05) is 32.1 Å². The summed E-state index contributed by atoms with van der Waals surface area (Å²) in [6, 6.07) is 16.3. The summed E-state index contributed by atoms with van der Waals surface area (Å²) < 4.78 is 21.0. The number of aliphatic hydroxyl groups is 1. The zero-order chi connectivity index (χ0) is 31.5. The van der Waals surface area contributed by atoms with Crippen LogP contribution >= 0.6 is 23.2 Å². The van der Waals surface area contributed by atoms with Crippen LogP contribution in [0, 0.1) is 5.82 Å². The van der Waals surface area contributed by atoms with E-state index in [0.29, 0.717) is 94.5 Å². The Kier molecular flexibility index (Phi) is 9.48. The summed E-state index contributed by atoms with van der Waals surface area (Å²) in [4.78, 5) is 22.7. The third kappa shape index (κ3) is 6.90. The number of hydrogen-bond acceptors (Lipinski definition) is 8. The predicted octanol–water partition coefficient (Wildman–Crippen LogP) is 5.55. The van der Waals surface area contributed by atoms with Gasteiger partial charge in [0, 0.05) is 73.6 Å². The van der Waals surface area contributed by atoms with Crippen molar-refractivity contribution in [3.8, 4) is 28.4 Å². The first kappa shape index (κ1) is 31.2. The number of aliphatic hydroxyl groups excluding tert-OH is 1. The second-order valence-corrected chi connectivity index (χ2v) is 12.0. The molecule has 4 aromatic rings. The predicted molar refractivity (Wildman–Crippen MR) is 173 cm³/mol. The summed E-state index contributed by atoms with van der Waals surface area (Å²) in [6.45, 7) is 2.66. The van der Waals surface area contributed by atoms with Gasteiger partial charge in [0.2, 0.25) is 11.8 Å². The maximum atomic E-state index is 15.4. The van der Waals surface area contributed by atoms with Crippen LogP contribution in [0.15, 0.2) is 60.8 Å². The number of pyridine rings is 2. The van der Waals surface area contributed by atoms with Gasteiger partial charge in [0.25, 0.3) is 0 Å². The lowest BCUT2D eigenvalue weighted by Gasteiger charge is -2.35. The SMILES string of the molecule is COc1nc(-c2ccnc(-c3cccc(Nc4cccc(CN5CC(O)C5)c4F)c3Cl)c2Cl)ccc1CNC[C@H]1CCC(=O)N1. The molecule has 0 bridgehead atoms. The number of methoxy groups -OCH3 is 1. The first-order chi connectivity index (χ1) is 21.8. The number of likely N-dealkylation sites (tertiary alicyclic amines) is 1. The van der Waals surface area contributed by atoms with Gasteiger partial charge in [0.15, 0.2) is 5.82 Å². The number of hydrogen-bond donors (Lipinski definition) is 4. The molecule has 1 amide bonds. The molecule has 0 radical (unpaired) electrons. The van der Waals surface area contributed by atoms with Gasteiger partial charge >= 0.3 is 0 Å². The zero-order valence-corrected chi connectivity index (χ0v) is 26.1. The molecular weight excluding hydrogens is 618 g/mol. The minimum absolute atomic E-state index is 0.0859. The fourth-order valence-electron chi connectivity index (χ4n) is 5.64. The van der Waals surface area contributed by atoms with E-state index < -0.39 is 0 Å². The zero-order valence-electron chi connectivity index (χ0n) is 24.6. The number of carbonyl (C=O) groups excluding carboxylic acids is 1. The molecule has 0 aliphatic carbocycles. The highest BCUT2D eigenvalue weighted by molar-refractivity contribution is 6.39. The molecule has 234 valence electrons. The molecule has 1 atom stereocenters. The van der Waals surface area contributed by atoms with E-state index in [1.54, 1.807) is 49.7 Å². The largest absolute Gasteiger partial charge is 0.481 e.